The number of nitrogens with zero attached hydrogens (tertiary/aromatic N) is 2. The maximum absolute atomic E-state index is 12.8. The smallest absolute Gasteiger partial charge is 0.338 e. The van der Waals surface area contributed by atoms with Crippen molar-refractivity contribution < 1.29 is 33.4 Å². The Bertz CT molecular complexity index is 897. The molecule has 0 saturated carbocycles. The Balaban J connectivity index is 1.65. The molecular weight excluding hydrogens is 368 g/mol. The molecule has 0 unspecified atom stereocenters. The summed E-state index contributed by atoms with van der Waals surface area (Å²) in [7, 11) is 3.02. The highest BCUT2D eigenvalue weighted by molar-refractivity contribution is 5.98. The number of ether oxygens (including phenoxy) is 2. The number of hydrogen-bond donors (Lipinski definition) is 1. The zero-order chi connectivity index (χ0) is 20.3. The van der Waals surface area contributed by atoms with E-state index < -0.39 is 11.9 Å². The number of furan rings is 1. The third kappa shape index (κ3) is 3.78. The van der Waals surface area contributed by atoms with Crippen LogP contribution in [0.15, 0.2) is 34.9 Å². The summed E-state index contributed by atoms with van der Waals surface area (Å²) in [6, 6.07) is 6.18. The van der Waals surface area contributed by atoms with Crippen molar-refractivity contribution in [2.24, 2.45) is 0 Å². The van der Waals surface area contributed by atoms with Crippen LogP contribution in [0, 0.1) is 0 Å². The predicted octanol–water partition coefficient (Wildman–Crippen LogP) is 1.59. The van der Waals surface area contributed by atoms with Crippen LogP contribution in [0.2, 0.25) is 0 Å². The molecule has 28 heavy (non-hydrogen) atoms. The molecule has 2 aromatic rings. The Labute approximate surface area is 161 Å². The van der Waals surface area contributed by atoms with Crippen molar-refractivity contribution in [2.75, 3.05) is 40.4 Å². The van der Waals surface area contributed by atoms with E-state index in [9.17, 15) is 14.4 Å². The molecule has 9 nitrogen and oxygen atoms in total. The second-order valence-electron chi connectivity index (χ2n) is 6.16. The summed E-state index contributed by atoms with van der Waals surface area (Å²) in [4.78, 5) is 39.4. The lowest BCUT2D eigenvalue weighted by atomic mass is 10.1. The Morgan fingerprint density at radius 3 is 2.14 bits per heavy atom. The minimum atomic E-state index is -1.16. The van der Waals surface area contributed by atoms with Gasteiger partial charge in [-0.1, -0.05) is 0 Å². The van der Waals surface area contributed by atoms with Crippen molar-refractivity contribution in [3.8, 4) is 11.5 Å². The number of benzene rings is 1. The van der Waals surface area contributed by atoms with Crippen LogP contribution in [-0.2, 0) is 0 Å². The molecule has 2 amide bonds. The van der Waals surface area contributed by atoms with E-state index in [4.69, 9.17) is 19.0 Å². The van der Waals surface area contributed by atoms with Crippen molar-refractivity contribution in [1.82, 2.24) is 9.80 Å². The number of hydrogen-bond acceptors (Lipinski definition) is 6. The first-order valence-electron chi connectivity index (χ1n) is 8.57. The molecule has 0 spiro atoms. The van der Waals surface area contributed by atoms with Gasteiger partial charge in [-0.05, 0) is 12.1 Å². The number of rotatable bonds is 5. The minimum Gasteiger partial charge on any atom is -0.497 e. The van der Waals surface area contributed by atoms with Crippen LogP contribution in [0.3, 0.4) is 0 Å². The molecule has 1 aliphatic rings. The van der Waals surface area contributed by atoms with E-state index in [2.05, 4.69) is 0 Å². The molecule has 0 atom stereocenters. The number of carbonyl (C=O) groups is 3. The summed E-state index contributed by atoms with van der Waals surface area (Å²) in [6.07, 6.45) is 1.03. The zero-order valence-electron chi connectivity index (χ0n) is 15.5. The third-order valence-electron chi connectivity index (χ3n) is 4.55. The third-order valence-corrected chi connectivity index (χ3v) is 4.55. The van der Waals surface area contributed by atoms with Gasteiger partial charge in [0.25, 0.3) is 11.8 Å². The lowest BCUT2D eigenvalue weighted by Gasteiger charge is -2.34. The molecule has 0 aliphatic carbocycles. The molecule has 1 saturated heterocycles. The second-order valence-corrected chi connectivity index (χ2v) is 6.16. The maximum atomic E-state index is 12.8. The zero-order valence-corrected chi connectivity index (χ0v) is 15.5. The van der Waals surface area contributed by atoms with Crippen molar-refractivity contribution >= 4 is 17.8 Å². The lowest BCUT2D eigenvalue weighted by molar-refractivity contribution is 0.0516. The molecule has 148 valence electrons. The summed E-state index contributed by atoms with van der Waals surface area (Å²) in [5, 5.41) is 8.92. The van der Waals surface area contributed by atoms with Gasteiger partial charge in [0.1, 0.15) is 17.8 Å². The number of carboxylic acids is 1. The highest BCUT2D eigenvalue weighted by Gasteiger charge is 2.28. The predicted molar refractivity (Wildman–Crippen MR) is 97.0 cm³/mol. The molecule has 1 aliphatic heterocycles. The van der Waals surface area contributed by atoms with Gasteiger partial charge in [0.05, 0.1) is 25.3 Å². The summed E-state index contributed by atoms with van der Waals surface area (Å²) in [5.41, 5.74) is 0.337. The topological polar surface area (TPSA) is 110 Å². The average molecular weight is 388 g/mol. The molecular formula is C19H20N2O7. The fourth-order valence-corrected chi connectivity index (χ4v) is 2.97. The SMILES string of the molecule is COc1ccc(C(=O)N2CCN(C(=O)c3cc(C(=O)O)co3)CC2)c(OC)c1. The molecule has 0 radical (unpaired) electrons. The molecule has 1 fully saturated rings. The number of piperazine rings is 1. The Hall–Kier alpha value is -3.49. The summed E-state index contributed by atoms with van der Waals surface area (Å²) >= 11 is 0. The summed E-state index contributed by atoms with van der Waals surface area (Å²) < 4.78 is 15.5. The van der Waals surface area contributed by atoms with Crippen molar-refractivity contribution in [1.29, 1.82) is 0 Å². The van der Waals surface area contributed by atoms with E-state index in [0.717, 1.165) is 6.26 Å². The Kier molecular flexibility index (Phi) is 5.53. The fraction of sp³-hybridized carbons (Fsp3) is 0.316. The van der Waals surface area contributed by atoms with Crippen LogP contribution >= 0.6 is 0 Å². The first kappa shape index (κ1) is 19.3. The van der Waals surface area contributed by atoms with Gasteiger partial charge in [0, 0.05) is 38.3 Å². The minimum absolute atomic E-state index is 0.0333. The standard InChI is InChI=1S/C19H20N2O7/c1-26-13-3-4-14(15(10-13)27-2)17(22)20-5-7-21(8-6-20)18(23)16-9-12(11-28-16)19(24)25/h3-4,9-11H,5-8H2,1-2H3,(H,24,25). The van der Waals surface area contributed by atoms with Gasteiger partial charge in [-0.3, -0.25) is 9.59 Å². The van der Waals surface area contributed by atoms with Crippen LogP contribution in [0.1, 0.15) is 31.3 Å². The Morgan fingerprint density at radius 2 is 1.61 bits per heavy atom. The van der Waals surface area contributed by atoms with Gasteiger partial charge in [0.15, 0.2) is 5.76 Å². The van der Waals surface area contributed by atoms with E-state index in [0.29, 0.717) is 43.2 Å². The number of carbonyl (C=O) groups excluding carboxylic acids is 2. The normalized spacial score (nSPS) is 13.9. The van der Waals surface area contributed by atoms with E-state index in [-0.39, 0.29) is 17.2 Å². The number of carboxylic acid groups (broad SMARTS) is 1. The number of amides is 2. The maximum Gasteiger partial charge on any atom is 0.338 e. The van der Waals surface area contributed by atoms with Crippen LogP contribution in [0.4, 0.5) is 0 Å². The number of aromatic carboxylic acids is 1. The van der Waals surface area contributed by atoms with Crippen LogP contribution < -0.4 is 9.47 Å². The fourth-order valence-electron chi connectivity index (χ4n) is 2.97. The highest BCUT2D eigenvalue weighted by Crippen LogP contribution is 2.26. The van der Waals surface area contributed by atoms with Gasteiger partial charge < -0.3 is 28.8 Å². The van der Waals surface area contributed by atoms with Crippen molar-refractivity contribution in [3.05, 3.63) is 47.4 Å². The molecule has 2 heterocycles. The van der Waals surface area contributed by atoms with Crippen LogP contribution in [0.5, 0.6) is 11.5 Å². The van der Waals surface area contributed by atoms with E-state index >= 15 is 0 Å². The van der Waals surface area contributed by atoms with Crippen molar-refractivity contribution in [2.45, 2.75) is 0 Å². The first-order chi connectivity index (χ1) is 13.4. The summed E-state index contributed by atoms with van der Waals surface area (Å²) in [6.45, 7) is 1.30. The first-order valence-corrected chi connectivity index (χ1v) is 8.57. The average Bonchev–Trinajstić information content (AvgIpc) is 3.23. The summed E-state index contributed by atoms with van der Waals surface area (Å²) in [5.74, 6) is -0.789. The van der Waals surface area contributed by atoms with Gasteiger partial charge in [-0.15, -0.1) is 0 Å². The Morgan fingerprint density at radius 1 is 0.964 bits per heavy atom. The van der Waals surface area contributed by atoms with Gasteiger partial charge in [-0.2, -0.15) is 0 Å². The van der Waals surface area contributed by atoms with Gasteiger partial charge >= 0.3 is 5.97 Å². The van der Waals surface area contributed by atoms with E-state index in [1.54, 1.807) is 23.1 Å². The molecule has 1 N–H and O–H groups in total. The largest absolute Gasteiger partial charge is 0.497 e. The van der Waals surface area contributed by atoms with E-state index in [1.807, 2.05) is 0 Å². The lowest BCUT2D eigenvalue weighted by Crippen LogP contribution is -2.50. The van der Waals surface area contributed by atoms with Gasteiger partial charge in [-0.25, -0.2) is 4.79 Å². The number of methoxy groups -OCH3 is 2. The molecule has 1 aromatic carbocycles. The van der Waals surface area contributed by atoms with Gasteiger partial charge in [0.2, 0.25) is 0 Å². The second kappa shape index (κ2) is 8.03. The monoisotopic (exact) mass is 388 g/mol. The quantitative estimate of drug-likeness (QED) is 0.828. The molecule has 9 heteroatoms. The van der Waals surface area contributed by atoms with Crippen LogP contribution in [0.25, 0.3) is 0 Å². The van der Waals surface area contributed by atoms with Crippen LogP contribution in [-0.4, -0.2) is 73.1 Å². The van der Waals surface area contributed by atoms with Crippen molar-refractivity contribution in [3.63, 3.8) is 0 Å². The molecule has 1 aromatic heterocycles. The molecule has 0 bridgehead atoms. The highest BCUT2D eigenvalue weighted by atomic mass is 16.5. The molecule has 3 rings (SSSR count). The van der Waals surface area contributed by atoms with E-state index in [1.165, 1.54) is 25.2 Å².